The summed E-state index contributed by atoms with van der Waals surface area (Å²) in [6, 6.07) is 1.86. The van der Waals surface area contributed by atoms with Crippen molar-refractivity contribution in [3.05, 3.63) is 29.8 Å². The summed E-state index contributed by atoms with van der Waals surface area (Å²) in [7, 11) is 0. The van der Waals surface area contributed by atoms with Gasteiger partial charge in [0.15, 0.2) is 0 Å². The van der Waals surface area contributed by atoms with E-state index in [1.54, 1.807) is 12.4 Å². The number of rotatable bonds is 2. The molecule has 1 unspecified atom stereocenters. The lowest BCUT2D eigenvalue weighted by Crippen LogP contribution is -2.47. The van der Waals surface area contributed by atoms with Crippen LogP contribution in [0.4, 0.5) is 5.95 Å². The molecule has 0 radical (unpaired) electrons. The molecule has 1 atom stereocenters. The van der Waals surface area contributed by atoms with Gasteiger partial charge in [0.25, 0.3) is 0 Å². The van der Waals surface area contributed by atoms with Gasteiger partial charge >= 0.3 is 0 Å². The van der Waals surface area contributed by atoms with Gasteiger partial charge in [0.05, 0.1) is 12.7 Å². The van der Waals surface area contributed by atoms with E-state index < -0.39 is 5.60 Å². The van der Waals surface area contributed by atoms with E-state index in [0.717, 1.165) is 18.7 Å². The summed E-state index contributed by atoms with van der Waals surface area (Å²) in [6.07, 6.45) is 4.84. The third-order valence-electron chi connectivity index (χ3n) is 3.43. The summed E-state index contributed by atoms with van der Waals surface area (Å²) in [6.45, 7) is 3.20. The van der Waals surface area contributed by atoms with Gasteiger partial charge in [0, 0.05) is 18.4 Å². The Balaban J connectivity index is 1.86. The molecular formula is C12H16N6O. The van der Waals surface area contributed by atoms with Crippen molar-refractivity contribution in [3.8, 4) is 0 Å². The molecule has 2 N–H and O–H groups in total. The summed E-state index contributed by atoms with van der Waals surface area (Å²) < 4.78 is 0. The monoisotopic (exact) mass is 260 g/mol. The number of nitrogens with one attached hydrogen (secondary N) is 1. The summed E-state index contributed by atoms with van der Waals surface area (Å²) in [5.74, 6) is 0.654. The molecule has 100 valence electrons. The third-order valence-corrected chi connectivity index (χ3v) is 3.43. The van der Waals surface area contributed by atoms with E-state index in [1.807, 2.05) is 17.9 Å². The predicted molar refractivity (Wildman–Crippen MR) is 68.5 cm³/mol. The largest absolute Gasteiger partial charge is 0.382 e. The Morgan fingerprint density at radius 2 is 2.37 bits per heavy atom. The lowest BCUT2D eigenvalue weighted by atomic mass is 9.90. The lowest BCUT2D eigenvalue weighted by molar-refractivity contribution is 0.0172. The molecule has 0 bridgehead atoms. The average Bonchev–Trinajstić information content (AvgIpc) is 2.93. The second kappa shape index (κ2) is 4.58. The molecule has 7 nitrogen and oxygen atoms in total. The molecular weight excluding hydrogens is 244 g/mol. The molecule has 19 heavy (non-hydrogen) atoms. The molecule has 0 spiro atoms. The standard InChI is InChI=1S/C12H16N6O/c1-9-3-5-13-11(15-9)18-6-2-4-12(19,8-18)10-7-14-17-16-10/h3,5,7,19H,2,4,6,8H2,1H3,(H,14,16,17). The quantitative estimate of drug-likeness (QED) is 0.811. The zero-order valence-corrected chi connectivity index (χ0v) is 10.7. The Kier molecular flexibility index (Phi) is 2.90. The molecule has 3 heterocycles. The van der Waals surface area contributed by atoms with Crippen molar-refractivity contribution in [2.45, 2.75) is 25.4 Å². The zero-order chi connectivity index (χ0) is 13.3. The topological polar surface area (TPSA) is 90.8 Å². The van der Waals surface area contributed by atoms with Gasteiger partial charge in [-0.3, -0.25) is 0 Å². The number of aromatic nitrogens is 5. The van der Waals surface area contributed by atoms with Gasteiger partial charge in [-0.2, -0.15) is 15.4 Å². The molecule has 2 aromatic rings. The summed E-state index contributed by atoms with van der Waals surface area (Å²) in [4.78, 5) is 10.7. The molecule has 7 heteroatoms. The minimum atomic E-state index is -0.988. The maximum Gasteiger partial charge on any atom is 0.225 e. The van der Waals surface area contributed by atoms with Gasteiger partial charge in [0.1, 0.15) is 11.3 Å². The minimum absolute atomic E-state index is 0.434. The van der Waals surface area contributed by atoms with Gasteiger partial charge in [-0.1, -0.05) is 0 Å². The first kappa shape index (κ1) is 12.0. The second-order valence-electron chi connectivity index (χ2n) is 4.91. The maximum atomic E-state index is 10.7. The van der Waals surface area contributed by atoms with Gasteiger partial charge < -0.3 is 10.0 Å². The Hall–Kier alpha value is -2.02. The average molecular weight is 260 g/mol. The van der Waals surface area contributed by atoms with Crippen LogP contribution in [0.1, 0.15) is 24.2 Å². The molecule has 1 aliphatic rings. The van der Waals surface area contributed by atoms with Gasteiger partial charge in [-0.25, -0.2) is 9.97 Å². The smallest absolute Gasteiger partial charge is 0.225 e. The normalized spacial score (nSPS) is 23.6. The fourth-order valence-corrected chi connectivity index (χ4v) is 2.43. The van der Waals surface area contributed by atoms with Crippen molar-refractivity contribution in [2.75, 3.05) is 18.0 Å². The fraction of sp³-hybridized carbons (Fsp3) is 0.500. The molecule has 2 aromatic heterocycles. The summed E-state index contributed by atoms with van der Waals surface area (Å²) in [5.41, 5.74) is 0.503. The number of hydrogen-bond acceptors (Lipinski definition) is 6. The minimum Gasteiger partial charge on any atom is -0.382 e. The van der Waals surface area contributed by atoms with E-state index in [9.17, 15) is 5.11 Å². The maximum absolute atomic E-state index is 10.7. The SMILES string of the molecule is Cc1ccnc(N2CCCC(O)(c3cn[nH]n3)C2)n1. The van der Waals surface area contributed by atoms with Crippen molar-refractivity contribution in [3.63, 3.8) is 0 Å². The van der Waals surface area contributed by atoms with Gasteiger partial charge in [0.2, 0.25) is 5.95 Å². The number of H-pyrrole nitrogens is 1. The molecule has 1 fully saturated rings. The van der Waals surface area contributed by atoms with Crippen LogP contribution in [-0.2, 0) is 5.60 Å². The van der Waals surface area contributed by atoms with Crippen LogP contribution in [0.15, 0.2) is 18.5 Å². The van der Waals surface area contributed by atoms with Crippen molar-refractivity contribution in [2.24, 2.45) is 0 Å². The number of hydrogen-bond donors (Lipinski definition) is 2. The number of anilines is 1. The first-order valence-electron chi connectivity index (χ1n) is 6.31. The van der Waals surface area contributed by atoms with Crippen LogP contribution in [0.2, 0.25) is 0 Å². The number of aromatic amines is 1. The van der Waals surface area contributed by atoms with E-state index in [-0.39, 0.29) is 0 Å². The first-order chi connectivity index (χ1) is 9.17. The van der Waals surface area contributed by atoms with Crippen molar-refractivity contribution in [1.82, 2.24) is 25.4 Å². The van der Waals surface area contributed by atoms with Crippen molar-refractivity contribution >= 4 is 5.95 Å². The Morgan fingerprint density at radius 1 is 1.47 bits per heavy atom. The van der Waals surface area contributed by atoms with Crippen LogP contribution in [-0.4, -0.2) is 43.6 Å². The van der Waals surface area contributed by atoms with Crippen molar-refractivity contribution in [1.29, 1.82) is 0 Å². The Labute approximate surface area is 110 Å². The van der Waals surface area contributed by atoms with Crippen LogP contribution in [0.5, 0.6) is 0 Å². The van der Waals surface area contributed by atoms with E-state index in [2.05, 4.69) is 25.4 Å². The number of β-amino-alcohol motifs (C(OH)–C–C–N with tert-alkyl or cyclic N) is 1. The van der Waals surface area contributed by atoms with Crippen LogP contribution in [0.25, 0.3) is 0 Å². The molecule has 0 aliphatic carbocycles. The van der Waals surface area contributed by atoms with Crippen LogP contribution in [0.3, 0.4) is 0 Å². The number of nitrogens with zero attached hydrogens (tertiary/aromatic N) is 5. The number of aryl methyl sites for hydroxylation is 1. The number of aliphatic hydroxyl groups is 1. The van der Waals surface area contributed by atoms with Gasteiger partial charge in [-0.15, -0.1) is 0 Å². The first-order valence-corrected chi connectivity index (χ1v) is 6.31. The van der Waals surface area contributed by atoms with E-state index >= 15 is 0 Å². The lowest BCUT2D eigenvalue weighted by Gasteiger charge is -2.37. The third kappa shape index (κ3) is 2.28. The van der Waals surface area contributed by atoms with E-state index in [0.29, 0.717) is 24.6 Å². The predicted octanol–water partition coefficient (Wildman–Crippen LogP) is 0.391. The summed E-state index contributed by atoms with van der Waals surface area (Å²) in [5, 5.41) is 21.0. The van der Waals surface area contributed by atoms with Crippen molar-refractivity contribution < 1.29 is 5.11 Å². The van der Waals surface area contributed by atoms with Crippen LogP contribution in [0, 0.1) is 6.92 Å². The molecule has 0 amide bonds. The second-order valence-corrected chi connectivity index (χ2v) is 4.91. The Bertz CT molecular complexity index is 557. The van der Waals surface area contributed by atoms with E-state index in [1.165, 1.54) is 0 Å². The summed E-state index contributed by atoms with van der Waals surface area (Å²) >= 11 is 0. The molecule has 1 saturated heterocycles. The molecule has 1 aliphatic heterocycles. The van der Waals surface area contributed by atoms with E-state index in [4.69, 9.17) is 0 Å². The molecule has 0 aromatic carbocycles. The fourth-order valence-electron chi connectivity index (χ4n) is 2.43. The highest BCUT2D eigenvalue weighted by Gasteiger charge is 2.38. The molecule has 0 saturated carbocycles. The molecule has 3 rings (SSSR count). The highest BCUT2D eigenvalue weighted by Crippen LogP contribution is 2.31. The van der Waals surface area contributed by atoms with Gasteiger partial charge in [-0.05, 0) is 25.8 Å². The highest BCUT2D eigenvalue weighted by molar-refractivity contribution is 5.33. The van der Waals surface area contributed by atoms with Crippen LogP contribution < -0.4 is 4.90 Å². The zero-order valence-electron chi connectivity index (χ0n) is 10.7. The van der Waals surface area contributed by atoms with Crippen LogP contribution >= 0.6 is 0 Å². The number of piperidine rings is 1. The highest BCUT2D eigenvalue weighted by atomic mass is 16.3. The Morgan fingerprint density at radius 3 is 3.11 bits per heavy atom.